The number of hydrogen-bond donors (Lipinski definition) is 1. The average molecular weight is 402 g/mol. The monoisotopic (exact) mass is 401 g/mol. The number of piperazine rings is 1. The first-order chi connectivity index (χ1) is 13.0. The van der Waals surface area contributed by atoms with E-state index in [0.29, 0.717) is 6.04 Å². The number of nitrogens with zero attached hydrogens (tertiary/aromatic N) is 3. The van der Waals surface area contributed by atoms with Crippen LogP contribution in [0.5, 0.6) is 0 Å². The summed E-state index contributed by atoms with van der Waals surface area (Å²) in [6, 6.07) is 12.7. The molecule has 0 aliphatic carbocycles. The summed E-state index contributed by atoms with van der Waals surface area (Å²) in [6.45, 7) is 8.31. The van der Waals surface area contributed by atoms with Gasteiger partial charge in [0.15, 0.2) is 5.13 Å². The molecule has 27 heavy (non-hydrogen) atoms. The summed E-state index contributed by atoms with van der Waals surface area (Å²) < 4.78 is 1.14. The molecule has 0 unspecified atom stereocenters. The van der Waals surface area contributed by atoms with Crippen LogP contribution in [0.25, 0.3) is 10.2 Å². The highest BCUT2D eigenvalue weighted by Crippen LogP contribution is 2.32. The van der Waals surface area contributed by atoms with Crippen molar-refractivity contribution in [2.24, 2.45) is 0 Å². The highest BCUT2D eigenvalue weighted by molar-refractivity contribution is 7.22. The Morgan fingerprint density at radius 1 is 1.19 bits per heavy atom. The van der Waals surface area contributed by atoms with E-state index >= 15 is 0 Å². The number of rotatable bonds is 4. The minimum atomic E-state index is 0.0969. The Balaban J connectivity index is 1.46. The molecule has 4 rings (SSSR count). The molecule has 1 atom stereocenters. The molecule has 0 bridgehead atoms. The first kappa shape index (κ1) is 18.7. The quantitative estimate of drug-likeness (QED) is 0.700. The second kappa shape index (κ2) is 7.76. The van der Waals surface area contributed by atoms with Gasteiger partial charge in [-0.2, -0.15) is 0 Å². The zero-order valence-corrected chi connectivity index (χ0v) is 17.2. The van der Waals surface area contributed by atoms with Gasteiger partial charge in [0.1, 0.15) is 0 Å². The highest BCUT2D eigenvalue weighted by atomic mass is 35.5. The van der Waals surface area contributed by atoms with Crippen LogP contribution < -0.4 is 4.90 Å². The fourth-order valence-electron chi connectivity index (χ4n) is 3.79. The molecule has 1 fully saturated rings. The third-order valence-electron chi connectivity index (χ3n) is 5.14. The fourth-order valence-corrected chi connectivity index (χ4v) is 5.07. The Morgan fingerprint density at radius 3 is 2.78 bits per heavy atom. The van der Waals surface area contributed by atoms with Crippen LogP contribution in [-0.2, 0) is 13.2 Å². The molecule has 1 aliphatic heterocycles. The SMILES string of the molecule is Cc1cc(CO)cc(CN2CCN(c3nc4ccc(Cl)cc4s3)C[C@H]2C)c1. The topological polar surface area (TPSA) is 39.6 Å². The van der Waals surface area contributed by atoms with Gasteiger partial charge < -0.3 is 10.0 Å². The number of aryl methyl sites for hydroxylation is 1. The molecule has 6 heteroatoms. The molecule has 0 spiro atoms. The predicted molar refractivity (Wildman–Crippen MR) is 114 cm³/mol. The number of fused-ring (bicyclic) bond motifs is 1. The Hall–Kier alpha value is -1.66. The molecule has 2 aromatic carbocycles. The van der Waals surface area contributed by atoms with Gasteiger partial charge in [0, 0.05) is 37.2 Å². The number of hydrogen-bond acceptors (Lipinski definition) is 5. The van der Waals surface area contributed by atoms with Crippen molar-refractivity contribution >= 4 is 38.3 Å². The minimum absolute atomic E-state index is 0.0969. The number of benzene rings is 2. The molecule has 3 aromatic rings. The molecule has 1 aromatic heterocycles. The van der Waals surface area contributed by atoms with E-state index in [4.69, 9.17) is 16.6 Å². The Morgan fingerprint density at radius 2 is 2.00 bits per heavy atom. The van der Waals surface area contributed by atoms with Crippen molar-refractivity contribution in [1.29, 1.82) is 0 Å². The molecule has 0 radical (unpaired) electrons. The number of anilines is 1. The molecule has 0 amide bonds. The molecule has 142 valence electrons. The van der Waals surface area contributed by atoms with Crippen LogP contribution in [0.2, 0.25) is 5.02 Å². The molecule has 1 aliphatic rings. The maximum atomic E-state index is 9.45. The maximum Gasteiger partial charge on any atom is 0.186 e. The van der Waals surface area contributed by atoms with Crippen LogP contribution in [0.15, 0.2) is 36.4 Å². The van der Waals surface area contributed by atoms with E-state index in [1.54, 1.807) is 11.3 Å². The zero-order valence-electron chi connectivity index (χ0n) is 15.7. The molecule has 1 saturated heterocycles. The number of aliphatic hydroxyl groups is 1. The lowest BCUT2D eigenvalue weighted by atomic mass is 10.1. The molecule has 2 heterocycles. The van der Waals surface area contributed by atoms with Crippen molar-refractivity contribution in [3.63, 3.8) is 0 Å². The fraction of sp³-hybridized carbons (Fsp3) is 0.381. The lowest BCUT2D eigenvalue weighted by Crippen LogP contribution is -2.51. The van der Waals surface area contributed by atoms with Crippen molar-refractivity contribution in [1.82, 2.24) is 9.88 Å². The second-order valence-corrected chi connectivity index (χ2v) is 8.80. The maximum absolute atomic E-state index is 9.45. The van der Waals surface area contributed by atoms with Crippen molar-refractivity contribution in [3.05, 3.63) is 58.1 Å². The van der Waals surface area contributed by atoms with E-state index in [-0.39, 0.29) is 6.61 Å². The van der Waals surface area contributed by atoms with Crippen molar-refractivity contribution in [2.45, 2.75) is 33.0 Å². The van der Waals surface area contributed by atoms with Crippen LogP contribution >= 0.6 is 22.9 Å². The summed E-state index contributed by atoms with van der Waals surface area (Å²) >= 11 is 7.82. The normalized spacial score (nSPS) is 18.4. The van der Waals surface area contributed by atoms with E-state index < -0.39 is 0 Å². The van der Waals surface area contributed by atoms with Crippen LogP contribution in [0.1, 0.15) is 23.6 Å². The van der Waals surface area contributed by atoms with E-state index in [9.17, 15) is 5.11 Å². The van der Waals surface area contributed by atoms with Gasteiger partial charge >= 0.3 is 0 Å². The van der Waals surface area contributed by atoms with Gasteiger partial charge in [0.05, 0.1) is 16.8 Å². The largest absolute Gasteiger partial charge is 0.392 e. The molecule has 1 N–H and O–H groups in total. The van der Waals surface area contributed by atoms with E-state index in [1.165, 1.54) is 11.1 Å². The Kier molecular flexibility index (Phi) is 5.37. The number of aliphatic hydroxyl groups excluding tert-OH is 1. The van der Waals surface area contributed by atoms with Gasteiger partial charge in [0.2, 0.25) is 0 Å². The van der Waals surface area contributed by atoms with Gasteiger partial charge in [-0.3, -0.25) is 4.90 Å². The number of halogens is 1. The third-order valence-corrected chi connectivity index (χ3v) is 6.45. The summed E-state index contributed by atoms with van der Waals surface area (Å²) in [4.78, 5) is 9.69. The first-order valence-corrected chi connectivity index (χ1v) is 10.5. The minimum Gasteiger partial charge on any atom is -0.392 e. The Labute approximate surface area is 169 Å². The summed E-state index contributed by atoms with van der Waals surface area (Å²) in [5, 5.41) is 11.3. The Bertz CT molecular complexity index is 958. The zero-order chi connectivity index (χ0) is 19.0. The summed E-state index contributed by atoms with van der Waals surface area (Å²) in [5.74, 6) is 0. The number of thiazole rings is 1. The van der Waals surface area contributed by atoms with Crippen LogP contribution in [0.4, 0.5) is 5.13 Å². The highest BCUT2D eigenvalue weighted by Gasteiger charge is 2.25. The van der Waals surface area contributed by atoms with Gasteiger partial charge in [-0.1, -0.05) is 46.7 Å². The predicted octanol–water partition coefficient (Wildman–Crippen LogP) is 4.46. The van der Waals surface area contributed by atoms with Crippen molar-refractivity contribution in [2.75, 3.05) is 24.5 Å². The number of aromatic nitrogens is 1. The van der Waals surface area contributed by atoms with Crippen LogP contribution in [-0.4, -0.2) is 40.7 Å². The van der Waals surface area contributed by atoms with E-state index in [1.807, 2.05) is 24.3 Å². The van der Waals surface area contributed by atoms with Crippen LogP contribution in [0, 0.1) is 6.92 Å². The average Bonchev–Trinajstić information content (AvgIpc) is 3.06. The van der Waals surface area contributed by atoms with E-state index in [2.05, 4.69) is 35.8 Å². The lowest BCUT2D eigenvalue weighted by molar-refractivity contribution is 0.181. The first-order valence-electron chi connectivity index (χ1n) is 9.27. The van der Waals surface area contributed by atoms with Gasteiger partial charge in [-0.25, -0.2) is 4.98 Å². The third kappa shape index (κ3) is 4.11. The van der Waals surface area contributed by atoms with Gasteiger partial charge in [-0.15, -0.1) is 0 Å². The van der Waals surface area contributed by atoms with Gasteiger partial charge in [0.25, 0.3) is 0 Å². The van der Waals surface area contributed by atoms with Crippen molar-refractivity contribution in [3.8, 4) is 0 Å². The molecule has 0 saturated carbocycles. The smallest absolute Gasteiger partial charge is 0.186 e. The molecule has 4 nitrogen and oxygen atoms in total. The molecular formula is C21H24ClN3OS. The van der Waals surface area contributed by atoms with Crippen molar-refractivity contribution < 1.29 is 5.11 Å². The standard InChI is InChI=1S/C21H24ClN3OS/c1-14-7-16(9-17(8-14)13-26)12-24-5-6-25(11-15(24)2)21-23-19-4-3-18(22)10-20(19)27-21/h3-4,7-10,15,26H,5-6,11-13H2,1-2H3/t15-/m1/s1. The summed E-state index contributed by atoms with van der Waals surface area (Å²) in [7, 11) is 0. The molecular weight excluding hydrogens is 378 g/mol. The second-order valence-electron chi connectivity index (χ2n) is 7.36. The van der Waals surface area contributed by atoms with Crippen LogP contribution in [0.3, 0.4) is 0 Å². The summed E-state index contributed by atoms with van der Waals surface area (Å²) in [5.41, 5.74) is 4.49. The van der Waals surface area contributed by atoms with E-state index in [0.717, 1.165) is 52.1 Å². The lowest BCUT2D eigenvalue weighted by Gasteiger charge is -2.39. The summed E-state index contributed by atoms with van der Waals surface area (Å²) in [6.07, 6.45) is 0. The van der Waals surface area contributed by atoms with Gasteiger partial charge in [-0.05, 0) is 43.2 Å².